The van der Waals surface area contributed by atoms with E-state index in [1.807, 2.05) is 27.7 Å². The van der Waals surface area contributed by atoms with E-state index in [1.54, 1.807) is 4.90 Å². The largest absolute Gasteiger partial charge is 0.444 e. The van der Waals surface area contributed by atoms with E-state index in [2.05, 4.69) is 0 Å². The van der Waals surface area contributed by atoms with E-state index in [1.165, 1.54) is 0 Å². The standard InChI is InChI=1S/C12H23NO3/c1-5-13(9-7-6-8-10(9)14)11(15)16-12(2,3)4/h9-10,14H,5-8H2,1-4H3. The van der Waals surface area contributed by atoms with E-state index in [0.29, 0.717) is 6.54 Å². The van der Waals surface area contributed by atoms with Crippen molar-refractivity contribution in [2.45, 2.75) is 64.7 Å². The molecule has 1 fully saturated rings. The van der Waals surface area contributed by atoms with Gasteiger partial charge in [0.2, 0.25) is 0 Å². The third-order valence-electron chi connectivity index (χ3n) is 2.81. The van der Waals surface area contributed by atoms with Crippen molar-refractivity contribution in [2.75, 3.05) is 6.54 Å². The molecule has 0 aliphatic heterocycles. The summed E-state index contributed by atoms with van der Waals surface area (Å²) in [4.78, 5) is 13.6. The summed E-state index contributed by atoms with van der Waals surface area (Å²) in [7, 11) is 0. The van der Waals surface area contributed by atoms with Gasteiger partial charge in [-0.2, -0.15) is 0 Å². The zero-order valence-corrected chi connectivity index (χ0v) is 10.7. The lowest BCUT2D eigenvalue weighted by Gasteiger charge is -2.32. The van der Waals surface area contributed by atoms with Crippen molar-refractivity contribution < 1.29 is 14.6 Å². The minimum atomic E-state index is -0.478. The Kier molecular flexibility index (Phi) is 4.19. The van der Waals surface area contributed by atoms with Gasteiger partial charge in [-0.05, 0) is 47.0 Å². The number of rotatable bonds is 2. The average Bonchev–Trinajstić information content (AvgIpc) is 2.50. The quantitative estimate of drug-likeness (QED) is 0.789. The highest BCUT2D eigenvalue weighted by molar-refractivity contribution is 5.68. The molecule has 1 amide bonds. The Hall–Kier alpha value is -0.770. The third-order valence-corrected chi connectivity index (χ3v) is 2.81. The highest BCUT2D eigenvalue weighted by Gasteiger charge is 2.34. The van der Waals surface area contributed by atoms with Crippen LogP contribution < -0.4 is 0 Å². The molecule has 2 atom stereocenters. The maximum Gasteiger partial charge on any atom is 0.410 e. The second kappa shape index (κ2) is 5.04. The fraction of sp³-hybridized carbons (Fsp3) is 0.917. The van der Waals surface area contributed by atoms with Gasteiger partial charge in [-0.15, -0.1) is 0 Å². The van der Waals surface area contributed by atoms with Gasteiger partial charge in [0.05, 0.1) is 12.1 Å². The summed E-state index contributed by atoms with van der Waals surface area (Å²) < 4.78 is 5.33. The molecule has 0 bridgehead atoms. The van der Waals surface area contributed by atoms with Gasteiger partial charge in [-0.1, -0.05) is 0 Å². The maximum atomic E-state index is 11.9. The van der Waals surface area contributed by atoms with Crippen LogP contribution in [0, 0.1) is 0 Å². The summed E-state index contributed by atoms with van der Waals surface area (Å²) in [5.74, 6) is 0. The number of aliphatic hydroxyl groups excluding tert-OH is 1. The molecule has 4 nitrogen and oxygen atoms in total. The first-order chi connectivity index (χ1) is 7.35. The molecule has 2 unspecified atom stereocenters. The molecule has 0 aromatic carbocycles. The summed E-state index contributed by atoms with van der Waals surface area (Å²) in [6.07, 6.45) is 1.91. The van der Waals surface area contributed by atoms with Gasteiger partial charge in [0, 0.05) is 6.54 Å². The lowest BCUT2D eigenvalue weighted by molar-refractivity contribution is 0.00223. The maximum absolute atomic E-state index is 11.9. The van der Waals surface area contributed by atoms with Crippen LogP contribution >= 0.6 is 0 Å². The monoisotopic (exact) mass is 229 g/mol. The Morgan fingerprint density at radius 2 is 2.06 bits per heavy atom. The summed E-state index contributed by atoms with van der Waals surface area (Å²) in [6.45, 7) is 8.04. The molecule has 4 heteroatoms. The Labute approximate surface area is 97.6 Å². The lowest BCUT2D eigenvalue weighted by Crippen LogP contribution is -2.46. The molecule has 1 saturated carbocycles. The van der Waals surface area contributed by atoms with Crippen LogP contribution in [0.2, 0.25) is 0 Å². The fourth-order valence-corrected chi connectivity index (χ4v) is 2.10. The molecule has 0 radical (unpaired) electrons. The number of aliphatic hydroxyl groups is 1. The smallest absolute Gasteiger partial charge is 0.410 e. The molecule has 0 aromatic heterocycles. The van der Waals surface area contributed by atoms with E-state index in [0.717, 1.165) is 19.3 Å². The third kappa shape index (κ3) is 3.37. The number of likely N-dealkylation sites (N-methyl/N-ethyl adjacent to an activating group) is 1. The minimum absolute atomic E-state index is 0.0696. The summed E-state index contributed by atoms with van der Waals surface area (Å²) in [6, 6.07) is -0.0696. The molecule has 1 rings (SSSR count). The van der Waals surface area contributed by atoms with Gasteiger partial charge in [0.1, 0.15) is 5.60 Å². The second-order valence-corrected chi connectivity index (χ2v) is 5.33. The predicted octanol–water partition coefficient (Wildman–Crippen LogP) is 2.16. The van der Waals surface area contributed by atoms with Crippen molar-refractivity contribution in [1.82, 2.24) is 4.90 Å². The highest BCUT2D eigenvalue weighted by Crippen LogP contribution is 2.25. The Balaban J connectivity index is 2.63. The van der Waals surface area contributed by atoms with Crippen LogP contribution in [0.5, 0.6) is 0 Å². The van der Waals surface area contributed by atoms with E-state index in [-0.39, 0.29) is 12.1 Å². The first-order valence-corrected chi connectivity index (χ1v) is 6.03. The number of nitrogens with zero attached hydrogens (tertiary/aromatic N) is 1. The summed E-state index contributed by atoms with van der Waals surface area (Å²) in [5, 5.41) is 9.79. The van der Waals surface area contributed by atoms with E-state index in [4.69, 9.17) is 4.74 Å². The molecular weight excluding hydrogens is 206 g/mol. The van der Waals surface area contributed by atoms with Crippen LogP contribution in [-0.4, -0.2) is 40.4 Å². The van der Waals surface area contributed by atoms with Gasteiger partial charge in [0.25, 0.3) is 0 Å². The van der Waals surface area contributed by atoms with Crippen molar-refractivity contribution in [2.24, 2.45) is 0 Å². The lowest BCUT2D eigenvalue weighted by atomic mass is 10.2. The van der Waals surface area contributed by atoms with Gasteiger partial charge in [0.15, 0.2) is 0 Å². The van der Waals surface area contributed by atoms with Crippen LogP contribution in [-0.2, 0) is 4.74 Å². The van der Waals surface area contributed by atoms with Crippen molar-refractivity contribution in [3.8, 4) is 0 Å². The predicted molar refractivity (Wildman–Crippen MR) is 62.3 cm³/mol. The van der Waals surface area contributed by atoms with Crippen LogP contribution in [0.3, 0.4) is 0 Å². The van der Waals surface area contributed by atoms with E-state index in [9.17, 15) is 9.90 Å². The van der Waals surface area contributed by atoms with Crippen LogP contribution in [0.25, 0.3) is 0 Å². The minimum Gasteiger partial charge on any atom is -0.444 e. The molecule has 1 aliphatic rings. The fourth-order valence-electron chi connectivity index (χ4n) is 2.10. The molecule has 0 heterocycles. The molecule has 94 valence electrons. The molecule has 16 heavy (non-hydrogen) atoms. The highest BCUT2D eigenvalue weighted by atomic mass is 16.6. The van der Waals surface area contributed by atoms with Crippen LogP contribution in [0.15, 0.2) is 0 Å². The SMILES string of the molecule is CCN(C(=O)OC(C)(C)C)C1CCCC1O. The average molecular weight is 229 g/mol. The number of hydrogen-bond donors (Lipinski definition) is 1. The van der Waals surface area contributed by atoms with Crippen LogP contribution in [0.1, 0.15) is 47.0 Å². The Bertz CT molecular complexity index is 247. The number of ether oxygens (including phenoxy) is 1. The first-order valence-electron chi connectivity index (χ1n) is 6.03. The molecule has 0 saturated heterocycles. The topological polar surface area (TPSA) is 49.8 Å². The zero-order chi connectivity index (χ0) is 12.3. The molecule has 0 aromatic rings. The molecule has 1 aliphatic carbocycles. The number of hydrogen-bond acceptors (Lipinski definition) is 3. The van der Waals surface area contributed by atoms with Gasteiger partial charge in [-0.25, -0.2) is 4.79 Å². The molecular formula is C12H23NO3. The Morgan fingerprint density at radius 1 is 1.44 bits per heavy atom. The van der Waals surface area contributed by atoms with E-state index >= 15 is 0 Å². The number of amides is 1. The number of carbonyl (C=O) groups excluding carboxylic acids is 1. The van der Waals surface area contributed by atoms with Crippen molar-refractivity contribution >= 4 is 6.09 Å². The second-order valence-electron chi connectivity index (χ2n) is 5.33. The normalized spacial score (nSPS) is 25.6. The molecule has 0 spiro atoms. The summed E-state index contributed by atoms with van der Waals surface area (Å²) >= 11 is 0. The van der Waals surface area contributed by atoms with Gasteiger partial charge < -0.3 is 14.7 Å². The Morgan fingerprint density at radius 3 is 2.44 bits per heavy atom. The van der Waals surface area contributed by atoms with E-state index < -0.39 is 11.7 Å². The van der Waals surface area contributed by atoms with Crippen molar-refractivity contribution in [1.29, 1.82) is 0 Å². The van der Waals surface area contributed by atoms with Crippen LogP contribution in [0.4, 0.5) is 4.79 Å². The van der Waals surface area contributed by atoms with Crippen molar-refractivity contribution in [3.63, 3.8) is 0 Å². The number of carbonyl (C=O) groups is 1. The summed E-state index contributed by atoms with van der Waals surface area (Å²) in [5.41, 5.74) is -0.478. The van der Waals surface area contributed by atoms with Gasteiger partial charge >= 0.3 is 6.09 Å². The van der Waals surface area contributed by atoms with Crippen molar-refractivity contribution in [3.05, 3.63) is 0 Å². The first kappa shape index (κ1) is 13.3. The molecule has 1 N–H and O–H groups in total. The van der Waals surface area contributed by atoms with Gasteiger partial charge in [-0.3, -0.25) is 0 Å². The zero-order valence-electron chi connectivity index (χ0n) is 10.7.